The summed E-state index contributed by atoms with van der Waals surface area (Å²) in [6, 6.07) is -0.331. The minimum Gasteiger partial charge on any atom is -0.353 e. The first-order chi connectivity index (χ1) is 5.90. The van der Waals surface area contributed by atoms with Gasteiger partial charge in [0.05, 0.1) is 6.04 Å². The van der Waals surface area contributed by atoms with Gasteiger partial charge in [-0.05, 0) is 32.6 Å². The number of rotatable bonds is 4. The molecule has 4 heteroatoms. The Kier molecular flexibility index (Phi) is 2.93. The molecule has 1 aliphatic carbocycles. The SMILES string of the molecule is CC(C)(N)CNC(=O)[C@@H](N)C1CC1. The monoisotopic (exact) mass is 185 g/mol. The highest BCUT2D eigenvalue weighted by atomic mass is 16.2. The van der Waals surface area contributed by atoms with E-state index in [0.29, 0.717) is 12.5 Å². The van der Waals surface area contributed by atoms with E-state index in [4.69, 9.17) is 11.5 Å². The number of amides is 1. The minimum absolute atomic E-state index is 0.0685. The molecule has 5 N–H and O–H groups in total. The van der Waals surface area contributed by atoms with Crippen molar-refractivity contribution >= 4 is 5.91 Å². The van der Waals surface area contributed by atoms with E-state index in [-0.39, 0.29) is 17.5 Å². The lowest BCUT2D eigenvalue weighted by atomic mass is 10.1. The highest BCUT2D eigenvalue weighted by Crippen LogP contribution is 2.31. The molecule has 0 bridgehead atoms. The molecule has 76 valence electrons. The number of hydrogen-bond donors (Lipinski definition) is 3. The minimum atomic E-state index is -0.362. The van der Waals surface area contributed by atoms with Crippen molar-refractivity contribution in [2.45, 2.75) is 38.3 Å². The Balaban J connectivity index is 2.24. The second-order valence-electron chi connectivity index (χ2n) is 4.57. The average Bonchev–Trinajstić information content (AvgIpc) is 2.79. The van der Waals surface area contributed by atoms with E-state index in [1.54, 1.807) is 0 Å². The van der Waals surface area contributed by atoms with E-state index in [9.17, 15) is 4.79 Å². The van der Waals surface area contributed by atoms with Gasteiger partial charge in [-0.2, -0.15) is 0 Å². The fraction of sp³-hybridized carbons (Fsp3) is 0.889. The third kappa shape index (κ3) is 3.74. The van der Waals surface area contributed by atoms with Gasteiger partial charge in [0.1, 0.15) is 0 Å². The summed E-state index contributed by atoms with van der Waals surface area (Å²) in [4.78, 5) is 11.4. The third-order valence-electron chi connectivity index (χ3n) is 2.15. The van der Waals surface area contributed by atoms with Gasteiger partial charge < -0.3 is 16.8 Å². The van der Waals surface area contributed by atoms with Crippen LogP contribution in [-0.2, 0) is 4.79 Å². The lowest BCUT2D eigenvalue weighted by molar-refractivity contribution is -0.123. The van der Waals surface area contributed by atoms with Gasteiger partial charge in [0.25, 0.3) is 0 Å². The molecule has 1 aliphatic rings. The van der Waals surface area contributed by atoms with Crippen LogP contribution in [0.4, 0.5) is 0 Å². The Hall–Kier alpha value is -0.610. The maximum atomic E-state index is 11.4. The molecule has 0 unspecified atom stereocenters. The first-order valence-electron chi connectivity index (χ1n) is 4.72. The second kappa shape index (κ2) is 3.64. The van der Waals surface area contributed by atoms with E-state index in [2.05, 4.69) is 5.32 Å². The van der Waals surface area contributed by atoms with E-state index < -0.39 is 0 Å². The number of carbonyl (C=O) groups excluding carboxylic acids is 1. The largest absolute Gasteiger partial charge is 0.353 e. The first-order valence-corrected chi connectivity index (χ1v) is 4.72. The van der Waals surface area contributed by atoms with Crippen molar-refractivity contribution < 1.29 is 4.79 Å². The Bertz CT molecular complexity index is 194. The predicted octanol–water partition coefficient (Wildman–Crippen LogP) is -0.423. The van der Waals surface area contributed by atoms with Crippen molar-refractivity contribution in [3.63, 3.8) is 0 Å². The van der Waals surface area contributed by atoms with E-state index in [0.717, 1.165) is 12.8 Å². The van der Waals surface area contributed by atoms with Gasteiger partial charge in [-0.3, -0.25) is 4.79 Å². The second-order valence-corrected chi connectivity index (χ2v) is 4.57. The first kappa shape index (κ1) is 10.5. The molecule has 0 aromatic carbocycles. The zero-order valence-electron chi connectivity index (χ0n) is 8.34. The van der Waals surface area contributed by atoms with E-state index in [1.807, 2.05) is 13.8 Å². The summed E-state index contributed by atoms with van der Waals surface area (Å²) in [6.45, 7) is 4.22. The molecule has 0 heterocycles. The summed E-state index contributed by atoms with van der Waals surface area (Å²) in [6.07, 6.45) is 2.17. The van der Waals surface area contributed by atoms with Crippen molar-refractivity contribution in [2.75, 3.05) is 6.54 Å². The lowest BCUT2D eigenvalue weighted by Gasteiger charge is -2.20. The van der Waals surface area contributed by atoms with Crippen LogP contribution in [-0.4, -0.2) is 24.0 Å². The van der Waals surface area contributed by atoms with Crippen LogP contribution >= 0.6 is 0 Å². The molecule has 1 fully saturated rings. The summed E-state index contributed by atoms with van der Waals surface area (Å²) in [5, 5.41) is 2.75. The van der Waals surface area contributed by atoms with Crippen LogP contribution in [0.1, 0.15) is 26.7 Å². The maximum absolute atomic E-state index is 11.4. The average molecular weight is 185 g/mol. The fourth-order valence-corrected chi connectivity index (χ4v) is 1.10. The molecule has 0 aliphatic heterocycles. The van der Waals surface area contributed by atoms with Crippen molar-refractivity contribution in [1.82, 2.24) is 5.32 Å². The standard InChI is InChI=1S/C9H19N3O/c1-9(2,11)5-12-8(13)7(10)6-3-4-6/h6-7H,3-5,10-11H2,1-2H3,(H,12,13)/t7-/m0/s1. The van der Waals surface area contributed by atoms with Gasteiger partial charge in [-0.25, -0.2) is 0 Å². The molecule has 1 amide bonds. The Morgan fingerprint density at radius 2 is 2.15 bits per heavy atom. The normalized spacial score (nSPS) is 19.7. The summed E-state index contributed by atoms with van der Waals surface area (Å²) in [7, 11) is 0. The van der Waals surface area contributed by atoms with Crippen LogP contribution in [0.25, 0.3) is 0 Å². The third-order valence-corrected chi connectivity index (χ3v) is 2.15. The Morgan fingerprint density at radius 3 is 2.54 bits per heavy atom. The van der Waals surface area contributed by atoms with Gasteiger partial charge in [0.15, 0.2) is 0 Å². The number of hydrogen-bond acceptors (Lipinski definition) is 3. The highest BCUT2D eigenvalue weighted by Gasteiger charge is 2.33. The predicted molar refractivity (Wildman–Crippen MR) is 52.0 cm³/mol. The molecular formula is C9H19N3O. The molecule has 1 rings (SSSR count). The van der Waals surface area contributed by atoms with Crippen LogP contribution < -0.4 is 16.8 Å². The van der Waals surface area contributed by atoms with Gasteiger partial charge in [-0.15, -0.1) is 0 Å². The number of carbonyl (C=O) groups is 1. The molecule has 0 aromatic rings. The summed E-state index contributed by atoms with van der Waals surface area (Å²) in [5.41, 5.74) is 11.1. The molecular weight excluding hydrogens is 166 g/mol. The molecule has 13 heavy (non-hydrogen) atoms. The number of nitrogens with one attached hydrogen (secondary N) is 1. The summed E-state index contributed by atoms with van der Waals surface area (Å²) >= 11 is 0. The van der Waals surface area contributed by atoms with Crippen molar-refractivity contribution in [3.05, 3.63) is 0 Å². The molecule has 1 atom stereocenters. The molecule has 0 aromatic heterocycles. The van der Waals surface area contributed by atoms with Gasteiger partial charge in [-0.1, -0.05) is 0 Å². The van der Waals surface area contributed by atoms with E-state index in [1.165, 1.54) is 0 Å². The van der Waals surface area contributed by atoms with Gasteiger partial charge in [0, 0.05) is 12.1 Å². The van der Waals surface area contributed by atoms with Crippen LogP contribution in [0, 0.1) is 5.92 Å². The molecule has 0 radical (unpaired) electrons. The van der Waals surface area contributed by atoms with Crippen molar-refractivity contribution in [3.8, 4) is 0 Å². The number of nitrogens with two attached hydrogens (primary N) is 2. The smallest absolute Gasteiger partial charge is 0.237 e. The van der Waals surface area contributed by atoms with Crippen LogP contribution in [0.5, 0.6) is 0 Å². The van der Waals surface area contributed by atoms with Crippen molar-refractivity contribution in [2.24, 2.45) is 17.4 Å². The lowest BCUT2D eigenvalue weighted by Crippen LogP contribution is -2.50. The van der Waals surface area contributed by atoms with Gasteiger partial charge >= 0.3 is 0 Å². The Morgan fingerprint density at radius 1 is 1.62 bits per heavy atom. The fourth-order valence-electron chi connectivity index (χ4n) is 1.10. The van der Waals surface area contributed by atoms with Crippen molar-refractivity contribution in [1.29, 1.82) is 0 Å². The molecule has 1 saturated carbocycles. The quantitative estimate of drug-likeness (QED) is 0.556. The van der Waals surface area contributed by atoms with Crippen LogP contribution in [0.3, 0.4) is 0 Å². The van der Waals surface area contributed by atoms with Gasteiger partial charge in [0.2, 0.25) is 5.91 Å². The van der Waals surface area contributed by atoms with Crippen LogP contribution in [0.2, 0.25) is 0 Å². The maximum Gasteiger partial charge on any atom is 0.237 e. The highest BCUT2D eigenvalue weighted by molar-refractivity contribution is 5.82. The molecule has 4 nitrogen and oxygen atoms in total. The molecule has 0 spiro atoms. The van der Waals surface area contributed by atoms with Crippen LogP contribution in [0.15, 0.2) is 0 Å². The zero-order valence-corrected chi connectivity index (χ0v) is 8.34. The zero-order chi connectivity index (χ0) is 10.1. The Labute approximate surface area is 79.0 Å². The molecule has 0 saturated heterocycles. The summed E-state index contributed by atoms with van der Waals surface area (Å²) < 4.78 is 0. The summed E-state index contributed by atoms with van der Waals surface area (Å²) in [5.74, 6) is 0.335. The topological polar surface area (TPSA) is 81.1 Å². The van der Waals surface area contributed by atoms with E-state index >= 15 is 0 Å².